The second-order valence-electron chi connectivity index (χ2n) is 5.32. The summed E-state index contributed by atoms with van der Waals surface area (Å²) < 4.78 is 29.1. The minimum Gasteiger partial charge on any atom is -0.382 e. The van der Waals surface area contributed by atoms with Crippen molar-refractivity contribution in [2.24, 2.45) is 4.40 Å². The Labute approximate surface area is 154 Å². The van der Waals surface area contributed by atoms with Crippen LogP contribution < -0.4 is 4.90 Å². The molecule has 1 aliphatic heterocycles. The predicted octanol–water partition coefficient (Wildman–Crippen LogP) is 2.98. The lowest BCUT2D eigenvalue weighted by Gasteiger charge is -2.15. The van der Waals surface area contributed by atoms with Crippen molar-refractivity contribution in [3.63, 3.8) is 0 Å². The summed E-state index contributed by atoms with van der Waals surface area (Å²) in [6, 6.07) is 12.0. The topological polar surface area (TPSA) is 70.1 Å². The fraction of sp³-hybridized carbons (Fsp3) is 0.125. The van der Waals surface area contributed by atoms with Crippen LogP contribution >= 0.6 is 23.1 Å². The predicted molar refractivity (Wildman–Crippen MR) is 102 cm³/mol. The monoisotopic (exact) mass is 393 g/mol. The molecule has 3 rings (SSSR count). The van der Waals surface area contributed by atoms with Gasteiger partial charge in [-0.2, -0.15) is 8.42 Å². The number of carbonyl (C=O) groups excluding carboxylic acids is 1. The zero-order valence-electron chi connectivity index (χ0n) is 13.5. The first kappa shape index (κ1) is 17.7. The molecule has 0 radical (unpaired) electrons. The minimum absolute atomic E-state index is 0.123. The maximum Gasteiger partial charge on any atom is 0.294 e. The third-order valence-corrected chi connectivity index (χ3v) is 6.86. The van der Waals surface area contributed by atoms with Crippen molar-refractivity contribution in [2.75, 3.05) is 19.0 Å². The summed E-state index contributed by atoms with van der Waals surface area (Å²) in [7, 11) is -0.272. The molecule has 1 aliphatic rings. The van der Waals surface area contributed by atoms with Crippen molar-refractivity contribution >= 4 is 49.9 Å². The number of thiophene rings is 1. The van der Waals surface area contributed by atoms with Crippen LogP contribution in [-0.4, -0.2) is 38.5 Å². The van der Waals surface area contributed by atoms with Gasteiger partial charge >= 0.3 is 0 Å². The van der Waals surface area contributed by atoms with Crippen molar-refractivity contribution in [1.29, 1.82) is 0 Å². The molecule has 1 saturated heterocycles. The maximum atomic E-state index is 12.8. The van der Waals surface area contributed by atoms with E-state index in [1.54, 1.807) is 60.9 Å². The molecule has 25 heavy (non-hydrogen) atoms. The van der Waals surface area contributed by atoms with Crippen LogP contribution in [-0.2, 0) is 14.8 Å². The summed E-state index contributed by atoms with van der Waals surface area (Å²) in [5.41, 5.74) is 0.572. The van der Waals surface area contributed by atoms with E-state index in [1.807, 2.05) is 6.07 Å². The molecule has 2 aromatic rings. The van der Waals surface area contributed by atoms with Gasteiger partial charge in [0.2, 0.25) is 0 Å². The van der Waals surface area contributed by atoms with Gasteiger partial charge in [-0.1, -0.05) is 24.3 Å². The lowest BCUT2D eigenvalue weighted by Crippen LogP contribution is -2.29. The third-order valence-electron chi connectivity index (χ3n) is 3.14. The van der Waals surface area contributed by atoms with E-state index in [2.05, 4.69) is 4.40 Å². The van der Waals surface area contributed by atoms with Crippen LogP contribution in [0.5, 0.6) is 0 Å². The Morgan fingerprint density at radius 1 is 1.12 bits per heavy atom. The highest BCUT2D eigenvalue weighted by atomic mass is 32.2. The number of anilines is 1. The standard InChI is InChI=1S/C16H15N3O3S3/c1-18(2)11-13-15(20)19(12-7-4-3-5-8-12)16(24-13)17-25(21,22)14-9-6-10-23-14/h3-11H,1-2H3/b13-11-,17-16?. The van der Waals surface area contributed by atoms with E-state index in [0.717, 1.165) is 23.1 Å². The molecule has 1 aromatic carbocycles. The Hall–Kier alpha value is -2.10. The number of carbonyl (C=O) groups is 1. The largest absolute Gasteiger partial charge is 0.382 e. The Balaban J connectivity index is 2.09. The molecule has 1 aromatic heterocycles. The average Bonchev–Trinajstić information content (AvgIpc) is 3.18. The molecule has 1 amide bonds. The van der Waals surface area contributed by atoms with E-state index in [0.29, 0.717) is 10.6 Å². The Kier molecular flexibility index (Phi) is 4.98. The van der Waals surface area contributed by atoms with Gasteiger partial charge < -0.3 is 4.90 Å². The van der Waals surface area contributed by atoms with E-state index in [1.165, 1.54) is 11.0 Å². The Morgan fingerprint density at radius 2 is 1.84 bits per heavy atom. The molecular formula is C16H15N3O3S3. The van der Waals surface area contributed by atoms with Gasteiger partial charge in [0.15, 0.2) is 5.17 Å². The van der Waals surface area contributed by atoms with Crippen molar-refractivity contribution in [2.45, 2.75) is 4.21 Å². The molecule has 0 saturated carbocycles. The van der Waals surface area contributed by atoms with Crippen LogP contribution in [0.15, 0.2) is 67.6 Å². The number of amidine groups is 1. The molecule has 2 heterocycles. The molecular weight excluding hydrogens is 378 g/mol. The normalized spacial score (nSPS) is 18.3. The van der Waals surface area contributed by atoms with Gasteiger partial charge in [-0.05, 0) is 35.3 Å². The first-order valence-corrected chi connectivity index (χ1v) is 10.4. The first-order valence-electron chi connectivity index (χ1n) is 7.22. The van der Waals surface area contributed by atoms with E-state index in [9.17, 15) is 13.2 Å². The second kappa shape index (κ2) is 7.03. The number of nitrogens with zero attached hydrogens (tertiary/aromatic N) is 3. The molecule has 0 atom stereocenters. The van der Waals surface area contributed by atoms with Crippen molar-refractivity contribution in [3.8, 4) is 0 Å². The van der Waals surface area contributed by atoms with Gasteiger partial charge in [0.1, 0.15) is 4.21 Å². The van der Waals surface area contributed by atoms with Gasteiger partial charge in [0.25, 0.3) is 15.9 Å². The number of rotatable bonds is 4. The minimum atomic E-state index is -3.87. The molecule has 0 N–H and O–H groups in total. The number of benzene rings is 1. The van der Waals surface area contributed by atoms with E-state index < -0.39 is 10.0 Å². The third kappa shape index (κ3) is 3.78. The number of hydrogen-bond donors (Lipinski definition) is 0. The number of thioether (sulfide) groups is 1. The molecule has 0 aliphatic carbocycles. The van der Waals surface area contributed by atoms with Crippen LogP contribution in [0.25, 0.3) is 0 Å². The summed E-state index contributed by atoms with van der Waals surface area (Å²) in [4.78, 5) is 16.2. The number of sulfonamides is 1. The van der Waals surface area contributed by atoms with Crippen molar-refractivity contribution < 1.29 is 13.2 Å². The highest BCUT2D eigenvalue weighted by Gasteiger charge is 2.36. The number of para-hydroxylation sites is 1. The highest BCUT2D eigenvalue weighted by molar-refractivity contribution is 8.19. The molecule has 6 nitrogen and oxygen atoms in total. The van der Waals surface area contributed by atoms with Gasteiger partial charge in [-0.25, -0.2) is 0 Å². The van der Waals surface area contributed by atoms with E-state index in [-0.39, 0.29) is 15.3 Å². The summed E-state index contributed by atoms with van der Waals surface area (Å²) in [5.74, 6) is -0.301. The maximum absolute atomic E-state index is 12.8. The lowest BCUT2D eigenvalue weighted by atomic mass is 10.3. The molecule has 0 spiro atoms. The summed E-state index contributed by atoms with van der Waals surface area (Å²) in [5, 5.41) is 1.80. The number of amides is 1. The van der Waals surface area contributed by atoms with E-state index in [4.69, 9.17) is 0 Å². The molecule has 1 fully saturated rings. The van der Waals surface area contributed by atoms with Crippen LogP contribution in [0.1, 0.15) is 0 Å². The Bertz CT molecular complexity index is 934. The fourth-order valence-electron chi connectivity index (χ4n) is 2.12. The summed E-state index contributed by atoms with van der Waals surface area (Å²) >= 11 is 2.14. The van der Waals surface area contributed by atoms with Crippen molar-refractivity contribution in [1.82, 2.24) is 4.90 Å². The highest BCUT2D eigenvalue weighted by Crippen LogP contribution is 2.36. The fourth-order valence-corrected chi connectivity index (χ4v) is 5.33. The SMILES string of the molecule is CN(C)/C=C1\SC(=NS(=O)(=O)c2cccs2)N(c2ccccc2)C1=O. The molecule has 0 bridgehead atoms. The lowest BCUT2D eigenvalue weighted by molar-refractivity contribution is -0.113. The van der Waals surface area contributed by atoms with Gasteiger partial charge in [-0.3, -0.25) is 9.69 Å². The summed E-state index contributed by atoms with van der Waals surface area (Å²) in [6.45, 7) is 0. The molecule has 9 heteroatoms. The van der Waals surface area contributed by atoms with E-state index >= 15 is 0 Å². The number of hydrogen-bond acceptors (Lipinski definition) is 6. The first-order chi connectivity index (χ1) is 11.9. The molecule has 130 valence electrons. The summed E-state index contributed by atoms with van der Waals surface area (Å²) in [6.07, 6.45) is 1.66. The van der Waals surface area contributed by atoms with Crippen molar-refractivity contribution in [3.05, 3.63) is 58.9 Å². The van der Waals surface area contributed by atoms with Gasteiger partial charge in [-0.15, -0.1) is 15.7 Å². The second-order valence-corrected chi connectivity index (χ2v) is 9.10. The quantitative estimate of drug-likeness (QED) is 0.747. The van der Waals surface area contributed by atoms with Gasteiger partial charge in [0, 0.05) is 20.3 Å². The van der Waals surface area contributed by atoms with Crippen LogP contribution in [0, 0.1) is 0 Å². The van der Waals surface area contributed by atoms with Crippen LogP contribution in [0.3, 0.4) is 0 Å². The zero-order chi connectivity index (χ0) is 18.0. The smallest absolute Gasteiger partial charge is 0.294 e. The van der Waals surface area contributed by atoms with Crippen LogP contribution in [0.4, 0.5) is 5.69 Å². The van der Waals surface area contributed by atoms with Crippen LogP contribution in [0.2, 0.25) is 0 Å². The van der Waals surface area contributed by atoms with Gasteiger partial charge in [0.05, 0.1) is 10.6 Å². The Morgan fingerprint density at radius 3 is 2.44 bits per heavy atom. The average molecular weight is 394 g/mol. The molecule has 0 unspecified atom stereocenters. The zero-order valence-corrected chi connectivity index (χ0v) is 15.9.